The number of nitrogens with one attached hydrogen (secondary N) is 1. The summed E-state index contributed by atoms with van der Waals surface area (Å²) in [5.74, 6) is -0.192. The summed E-state index contributed by atoms with van der Waals surface area (Å²) in [5.41, 5.74) is -0.400. The minimum absolute atomic E-state index is 0.0207. The predicted octanol–water partition coefficient (Wildman–Crippen LogP) is 3.24. The fraction of sp³-hybridized carbons (Fsp3) is 0.556. The van der Waals surface area contributed by atoms with E-state index in [0.717, 1.165) is 10.7 Å². The first-order chi connectivity index (χ1) is 11.8. The van der Waals surface area contributed by atoms with Gasteiger partial charge in [0.1, 0.15) is 16.1 Å². The van der Waals surface area contributed by atoms with Crippen LogP contribution in [0.15, 0.2) is 30.2 Å². The lowest BCUT2D eigenvalue weighted by atomic mass is 9.87. The fourth-order valence-corrected chi connectivity index (χ4v) is 4.01. The molecule has 0 aromatic carbocycles. The number of hydrogen-bond donors (Lipinski definition) is 1. The van der Waals surface area contributed by atoms with E-state index < -0.39 is 11.1 Å². The lowest BCUT2D eigenvalue weighted by Crippen LogP contribution is -2.50. The van der Waals surface area contributed by atoms with Crippen molar-refractivity contribution in [3.05, 3.63) is 40.9 Å². The van der Waals surface area contributed by atoms with Crippen molar-refractivity contribution in [2.75, 3.05) is 0 Å². The number of nitrogens with zero attached hydrogens (tertiary/aromatic N) is 3. The molecule has 1 saturated heterocycles. The van der Waals surface area contributed by atoms with Gasteiger partial charge in [0.25, 0.3) is 0 Å². The molecule has 2 aromatic rings. The fourth-order valence-electron chi connectivity index (χ4n) is 3.26. The van der Waals surface area contributed by atoms with Crippen LogP contribution in [0.1, 0.15) is 63.2 Å². The lowest BCUT2D eigenvalue weighted by molar-refractivity contribution is -0.163. The zero-order valence-electron chi connectivity index (χ0n) is 15.0. The van der Waals surface area contributed by atoms with E-state index in [1.165, 1.54) is 0 Å². The third kappa shape index (κ3) is 3.72. The van der Waals surface area contributed by atoms with Crippen LogP contribution in [0.4, 0.5) is 0 Å². The topological polar surface area (TPSA) is 77.0 Å². The molecule has 0 aliphatic carbocycles. The van der Waals surface area contributed by atoms with Gasteiger partial charge in [-0.3, -0.25) is 20.1 Å². The van der Waals surface area contributed by atoms with Gasteiger partial charge in [-0.25, -0.2) is 4.98 Å². The highest BCUT2D eigenvalue weighted by Crippen LogP contribution is 2.46. The molecule has 0 saturated carbocycles. The average Bonchev–Trinajstić information content (AvgIpc) is 3.22. The molecule has 0 unspecified atom stereocenters. The van der Waals surface area contributed by atoms with Gasteiger partial charge in [-0.05, 0) is 33.6 Å². The van der Waals surface area contributed by atoms with Gasteiger partial charge in [0, 0.05) is 36.1 Å². The highest BCUT2D eigenvalue weighted by atomic mass is 32.1. The van der Waals surface area contributed by atoms with Gasteiger partial charge in [0.05, 0.1) is 11.7 Å². The SMILES string of the molecule is CC[C@@]1(C(=O)OC(C)(C)C)C[C@H](c2cnccn2)[C@H](c2nccs2)N1. The Morgan fingerprint density at radius 2 is 2.16 bits per heavy atom. The minimum Gasteiger partial charge on any atom is -0.459 e. The molecule has 1 aliphatic heterocycles. The number of thiazole rings is 1. The Balaban J connectivity index is 1.96. The summed E-state index contributed by atoms with van der Waals surface area (Å²) in [5, 5.41) is 6.43. The minimum atomic E-state index is -0.744. The van der Waals surface area contributed by atoms with Crippen LogP contribution in [0.3, 0.4) is 0 Å². The molecule has 7 heteroatoms. The Hall–Kier alpha value is -1.86. The van der Waals surface area contributed by atoms with Crippen molar-refractivity contribution in [3.8, 4) is 0 Å². The van der Waals surface area contributed by atoms with Gasteiger partial charge in [-0.15, -0.1) is 11.3 Å². The first-order valence-corrected chi connectivity index (χ1v) is 9.39. The van der Waals surface area contributed by atoms with E-state index in [0.29, 0.717) is 12.8 Å². The largest absolute Gasteiger partial charge is 0.459 e. The quantitative estimate of drug-likeness (QED) is 0.844. The highest BCUT2D eigenvalue weighted by molar-refractivity contribution is 7.09. The normalized spacial score (nSPS) is 26.6. The maximum Gasteiger partial charge on any atom is 0.326 e. The Labute approximate surface area is 152 Å². The average molecular weight is 360 g/mol. The second kappa shape index (κ2) is 6.80. The molecule has 3 rings (SSSR count). The Kier molecular flexibility index (Phi) is 4.88. The predicted molar refractivity (Wildman–Crippen MR) is 96.2 cm³/mol. The van der Waals surface area contributed by atoms with Crippen molar-refractivity contribution in [2.45, 2.75) is 63.6 Å². The maximum atomic E-state index is 13.0. The van der Waals surface area contributed by atoms with E-state index in [4.69, 9.17) is 4.74 Å². The number of carbonyl (C=O) groups excluding carboxylic acids is 1. The van der Waals surface area contributed by atoms with E-state index in [1.54, 1.807) is 36.1 Å². The van der Waals surface area contributed by atoms with Crippen LogP contribution in [0.5, 0.6) is 0 Å². The van der Waals surface area contributed by atoms with Gasteiger partial charge in [0.15, 0.2) is 0 Å². The molecule has 134 valence electrons. The van der Waals surface area contributed by atoms with Crippen molar-refractivity contribution >= 4 is 17.3 Å². The maximum absolute atomic E-state index is 13.0. The van der Waals surface area contributed by atoms with Crippen molar-refractivity contribution in [2.24, 2.45) is 0 Å². The van der Waals surface area contributed by atoms with Gasteiger partial charge >= 0.3 is 5.97 Å². The molecule has 2 aromatic heterocycles. The molecular weight excluding hydrogens is 336 g/mol. The second-order valence-corrected chi connectivity index (χ2v) is 8.30. The lowest BCUT2D eigenvalue weighted by Gasteiger charge is -2.31. The van der Waals surface area contributed by atoms with Crippen LogP contribution in [-0.2, 0) is 9.53 Å². The summed E-state index contributed by atoms with van der Waals surface area (Å²) in [7, 11) is 0. The molecule has 6 nitrogen and oxygen atoms in total. The van der Waals surface area contributed by atoms with E-state index in [9.17, 15) is 4.79 Å². The first-order valence-electron chi connectivity index (χ1n) is 8.51. The Morgan fingerprint density at radius 3 is 2.72 bits per heavy atom. The van der Waals surface area contributed by atoms with Gasteiger partial charge < -0.3 is 4.74 Å². The van der Waals surface area contributed by atoms with E-state index in [2.05, 4.69) is 20.3 Å². The Morgan fingerprint density at radius 1 is 1.36 bits per heavy atom. The van der Waals surface area contributed by atoms with E-state index in [-0.39, 0.29) is 17.9 Å². The summed E-state index contributed by atoms with van der Waals surface area (Å²) in [6, 6.07) is -0.0795. The highest BCUT2D eigenvalue weighted by Gasteiger charge is 2.52. The number of rotatable bonds is 4. The van der Waals surface area contributed by atoms with Gasteiger partial charge in [0.2, 0.25) is 0 Å². The molecule has 1 aliphatic rings. The number of carbonyl (C=O) groups is 1. The van der Waals surface area contributed by atoms with Crippen molar-refractivity contribution in [3.63, 3.8) is 0 Å². The molecule has 0 spiro atoms. The van der Waals surface area contributed by atoms with Gasteiger partial charge in [-0.2, -0.15) is 0 Å². The molecule has 25 heavy (non-hydrogen) atoms. The van der Waals surface area contributed by atoms with Crippen LogP contribution in [0.2, 0.25) is 0 Å². The number of aromatic nitrogens is 3. The van der Waals surface area contributed by atoms with E-state index >= 15 is 0 Å². The van der Waals surface area contributed by atoms with E-state index in [1.807, 2.05) is 33.1 Å². The van der Waals surface area contributed by atoms with Crippen LogP contribution >= 0.6 is 11.3 Å². The standard InChI is InChI=1S/C18H24N4O2S/c1-5-18(16(23)24-17(2,3)4)10-12(13-11-19-6-7-20-13)14(22-18)15-21-8-9-25-15/h6-9,11-12,14,22H,5,10H2,1-4H3/t12-,14-,18+/m1/s1. The zero-order chi connectivity index (χ0) is 18.1. The smallest absolute Gasteiger partial charge is 0.326 e. The molecule has 0 amide bonds. The molecule has 3 heterocycles. The van der Waals surface area contributed by atoms with Crippen LogP contribution < -0.4 is 5.32 Å². The summed E-state index contributed by atoms with van der Waals surface area (Å²) in [6.45, 7) is 7.68. The zero-order valence-corrected chi connectivity index (χ0v) is 15.8. The van der Waals surface area contributed by atoms with Crippen LogP contribution in [0.25, 0.3) is 0 Å². The number of ether oxygens (including phenoxy) is 1. The monoisotopic (exact) mass is 360 g/mol. The molecule has 0 bridgehead atoms. The summed E-state index contributed by atoms with van der Waals surface area (Å²) in [4.78, 5) is 26.1. The first kappa shape index (κ1) is 17.9. The second-order valence-electron chi connectivity index (χ2n) is 7.37. The van der Waals surface area contributed by atoms with Crippen LogP contribution in [0, 0.1) is 0 Å². The molecular formula is C18H24N4O2S. The summed E-state index contributed by atoms with van der Waals surface area (Å²) < 4.78 is 5.71. The molecule has 3 atom stereocenters. The van der Waals surface area contributed by atoms with Crippen LogP contribution in [-0.4, -0.2) is 32.1 Å². The summed E-state index contributed by atoms with van der Waals surface area (Å²) >= 11 is 1.58. The summed E-state index contributed by atoms with van der Waals surface area (Å²) in [6.07, 6.45) is 8.16. The molecule has 1 fully saturated rings. The molecule has 1 N–H and O–H groups in total. The Bertz CT molecular complexity index is 714. The number of esters is 1. The number of hydrogen-bond acceptors (Lipinski definition) is 7. The molecule has 0 radical (unpaired) electrons. The van der Waals surface area contributed by atoms with Gasteiger partial charge in [-0.1, -0.05) is 6.92 Å². The third-order valence-electron chi connectivity index (χ3n) is 4.48. The van der Waals surface area contributed by atoms with Crippen molar-refractivity contribution < 1.29 is 9.53 Å². The third-order valence-corrected chi connectivity index (χ3v) is 5.33. The van der Waals surface area contributed by atoms with Crippen molar-refractivity contribution in [1.29, 1.82) is 0 Å². The van der Waals surface area contributed by atoms with Crippen molar-refractivity contribution in [1.82, 2.24) is 20.3 Å².